The van der Waals surface area contributed by atoms with Gasteiger partial charge in [0, 0.05) is 16.8 Å². The van der Waals surface area contributed by atoms with Crippen LogP contribution in [0.1, 0.15) is 5.56 Å². The molecule has 1 heterocycles. The van der Waals surface area contributed by atoms with Crippen LogP contribution < -0.4 is 19.6 Å². The second kappa shape index (κ2) is 11.9. The van der Waals surface area contributed by atoms with Crippen LogP contribution in [0.25, 0.3) is 17.1 Å². The summed E-state index contributed by atoms with van der Waals surface area (Å²) in [5.41, 5.74) is 4.98. The summed E-state index contributed by atoms with van der Waals surface area (Å²) in [5.74, 6) is 2.50. The lowest BCUT2D eigenvalue weighted by molar-refractivity contribution is -0.118. The first-order valence-electron chi connectivity index (χ1n) is 10.9. The minimum atomic E-state index is -0.285. The lowest BCUT2D eigenvalue weighted by atomic mass is 10.2. The molecule has 4 rings (SSSR count). The molecule has 0 aliphatic heterocycles. The van der Waals surface area contributed by atoms with Gasteiger partial charge in [0.15, 0.2) is 11.0 Å². The largest absolute Gasteiger partial charge is 0.497 e. The van der Waals surface area contributed by atoms with Crippen molar-refractivity contribution in [1.82, 2.24) is 20.2 Å². The Kier molecular flexibility index (Phi) is 8.20. The smallest absolute Gasteiger partial charge is 0.250 e. The number of methoxy groups -OCH3 is 3. The molecular formula is C26H25N5O4S. The Morgan fingerprint density at radius 3 is 2.36 bits per heavy atom. The van der Waals surface area contributed by atoms with Crippen LogP contribution >= 0.6 is 11.8 Å². The van der Waals surface area contributed by atoms with E-state index in [1.54, 1.807) is 39.5 Å². The van der Waals surface area contributed by atoms with Gasteiger partial charge in [-0.2, -0.15) is 5.10 Å². The van der Waals surface area contributed by atoms with Crippen LogP contribution in [0.2, 0.25) is 0 Å². The molecule has 184 valence electrons. The summed E-state index contributed by atoms with van der Waals surface area (Å²) < 4.78 is 17.7. The van der Waals surface area contributed by atoms with Gasteiger partial charge in [0.1, 0.15) is 17.2 Å². The molecule has 3 aromatic carbocycles. The number of rotatable bonds is 10. The third-order valence-electron chi connectivity index (χ3n) is 5.16. The highest BCUT2D eigenvalue weighted by molar-refractivity contribution is 7.99. The van der Waals surface area contributed by atoms with E-state index in [4.69, 9.17) is 14.2 Å². The highest BCUT2D eigenvalue weighted by Crippen LogP contribution is 2.29. The van der Waals surface area contributed by atoms with Crippen molar-refractivity contribution in [2.45, 2.75) is 5.16 Å². The van der Waals surface area contributed by atoms with Gasteiger partial charge in [-0.15, -0.1) is 10.2 Å². The second-order valence-electron chi connectivity index (χ2n) is 7.40. The van der Waals surface area contributed by atoms with E-state index in [0.29, 0.717) is 28.0 Å². The lowest BCUT2D eigenvalue weighted by Gasteiger charge is -2.10. The van der Waals surface area contributed by atoms with Crippen molar-refractivity contribution >= 4 is 23.9 Å². The van der Waals surface area contributed by atoms with Crippen LogP contribution in [0.15, 0.2) is 83.1 Å². The molecule has 1 amide bonds. The van der Waals surface area contributed by atoms with E-state index in [-0.39, 0.29) is 11.7 Å². The summed E-state index contributed by atoms with van der Waals surface area (Å²) in [4.78, 5) is 12.5. The van der Waals surface area contributed by atoms with E-state index < -0.39 is 0 Å². The Morgan fingerprint density at radius 2 is 1.67 bits per heavy atom. The molecule has 0 atom stereocenters. The Hall–Kier alpha value is -4.31. The minimum Gasteiger partial charge on any atom is -0.497 e. The van der Waals surface area contributed by atoms with E-state index in [2.05, 4.69) is 20.7 Å². The number of nitrogens with one attached hydrogen (secondary N) is 1. The van der Waals surface area contributed by atoms with Crippen molar-refractivity contribution in [2.24, 2.45) is 5.10 Å². The number of amides is 1. The monoisotopic (exact) mass is 503 g/mol. The summed E-state index contributed by atoms with van der Waals surface area (Å²) in [6.07, 6.45) is 1.51. The number of hydrogen-bond acceptors (Lipinski definition) is 8. The molecule has 0 bridgehead atoms. The fraction of sp³-hybridized carbons (Fsp3) is 0.154. The van der Waals surface area contributed by atoms with Crippen LogP contribution in [0, 0.1) is 0 Å². The quantitative estimate of drug-likeness (QED) is 0.197. The molecular weight excluding hydrogens is 478 g/mol. The molecule has 0 unspecified atom stereocenters. The molecule has 1 aromatic heterocycles. The van der Waals surface area contributed by atoms with Crippen molar-refractivity contribution in [3.63, 3.8) is 0 Å². The summed E-state index contributed by atoms with van der Waals surface area (Å²) in [7, 11) is 4.77. The van der Waals surface area contributed by atoms with Crippen molar-refractivity contribution < 1.29 is 19.0 Å². The number of thioether (sulfide) groups is 1. The van der Waals surface area contributed by atoms with Gasteiger partial charge in [0.05, 0.1) is 33.3 Å². The summed E-state index contributed by atoms with van der Waals surface area (Å²) in [6.45, 7) is 0. The van der Waals surface area contributed by atoms with Gasteiger partial charge in [-0.1, -0.05) is 30.0 Å². The zero-order valence-corrected chi connectivity index (χ0v) is 20.9. The number of aromatic nitrogens is 3. The zero-order chi connectivity index (χ0) is 25.3. The average Bonchev–Trinajstić information content (AvgIpc) is 3.36. The number of benzene rings is 3. The molecule has 0 saturated carbocycles. The number of hydrazone groups is 1. The van der Waals surface area contributed by atoms with E-state index in [0.717, 1.165) is 17.0 Å². The SMILES string of the molecule is COc1ccc(-c2nnc(SCC(=O)NN=Cc3cc(OC)ccc3OC)n2-c2ccccc2)cc1. The van der Waals surface area contributed by atoms with Crippen LogP contribution in [0.5, 0.6) is 17.2 Å². The molecule has 9 nitrogen and oxygen atoms in total. The molecule has 0 aliphatic rings. The Balaban J connectivity index is 1.49. The number of ether oxygens (including phenoxy) is 3. The molecule has 0 saturated heterocycles. The first kappa shape index (κ1) is 24.8. The van der Waals surface area contributed by atoms with Crippen LogP contribution in [0.3, 0.4) is 0 Å². The van der Waals surface area contributed by atoms with Crippen molar-refractivity contribution in [3.8, 4) is 34.3 Å². The van der Waals surface area contributed by atoms with Gasteiger partial charge in [0.2, 0.25) is 0 Å². The first-order valence-corrected chi connectivity index (χ1v) is 11.9. The van der Waals surface area contributed by atoms with Crippen LogP contribution in [-0.4, -0.2) is 54.0 Å². The minimum absolute atomic E-state index is 0.0974. The molecule has 0 fully saturated rings. The van der Waals surface area contributed by atoms with Crippen molar-refractivity contribution in [2.75, 3.05) is 27.1 Å². The summed E-state index contributed by atoms with van der Waals surface area (Å²) in [6, 6.07) is 22.7. The standard InChI is InChI=1S/C26H25N5O4S/c1-33-21-11-9-18(10-12-21)25-29-30-26(31(25)20-7-5-4-6-8-20)36-17-24(32)28-27-16-19-15-22(34-2)13-14-23(19)35-3/h4-16H,17H2,1-3H3,(H,28,32). The van der Waals surface area contributed by atoms with Crippen molar-refractivity contribution in [1.29, 1.82) is 0 Å². The molecule has 0 radical (unpaired) electrons. The maximum Gasteiger partial charge on any atom is 0.250 e. The van der Waals surface area contributed by atoms with Crippen LogP contribution in [0.4, 0.5) is 0 Å². The topological polar surface area (TPSA) is 99.9 Å². The molecule has 0 aliphatic carbocycles. The summed E-state index contributed by atoms with van der Waals surface area (Å²) in [5, 5.41) is 13.4. The van der Waals surface area contributed by atoms with Gasteiger partial charge in [-0.3, -0.25) is 9.36 Å². The summed E-state index contributed by atoms with van der Waals surface area (Å²) >= 11 is 1.27. The molecule has 36 heavy (non-hydrogen) atoms. The van der Waals surface area contributed by atoms with E-state index in [9.17, 15) is 4.79 Å². The number of carbonyl (C=O) groups is 1. The van der Waals surface area contributed by atoms with Gasteiger partial charge >= 0.3 is 0 Å². The average molecular weight is 504 g/mol. The number of para-hydroxylation sites is 1. The Morgan fingerprint density at radius 1 is 0.944 bits per heavy atom. The second-order valence-corrected chi connectivity index (χ2v) is 8.34. The van der Waals surface area contributed by atoms with Gasteiger partial charge in [-0.25, -0.2) is 5.43 Å². The fourth-order valence-corrected chi connectivity index (χ4v) is 4.12. The highest BCUT2D eigenvalue weighted by atomic mass is 32.2. The predicted molar refractivity (Wildman–Crippen MR) is 139 cm³/mol. The maximum absolute atomic E-state index is 12.5. The fourth-order valence-electron chi connectivity index (χ4n) is 3.38. The normalized spacial score (nSPS) is 10.9. The third kappa shape index (κ3) is 5.84. The molecule has 4 aromatic rings. The van der Waals surface area contributed by atoms with Crippen molar-refractivity contribution in [3.05, 3.63) is 78.4 Å². The van der Waals surface area contributed by atoms with E-state index >= 15 is 0 Å². The zero-order valence-electron chi connectivity index (χ0n) is 20.0. The van der Waals surface area contributed by atoms with Gasteiger partial charge in [-0.05, 0) is 54.6 Å². The number of hydrogen-bond donors (Lipinski definition) is 1. The Bertz CT molecular complexity index is 1340. The molecule has 0 spiro atoms. The molecule has 10 heteroatoms. The number of nitrogens with zero attached hydrogens (tertiary/aromatic N) is 4. The number of carbonyl (C=O) groups excluding carboxylic acids is 1. The van der Waals surface area contributed by atoms with Crippen LogP contribution in [-0.2, 0) is 4.79 Å². The maximum atomic E-state index is 12.5. The third-order valence-corrected chi connectivity index (χ3v) is 6.09. The van der Waals surface area contributed by atoms with E-state index in [1.165, 1.54) is 18.0 Å². The first-order chi connectivity index (χ1) is 17.6. The van der Waals surface area contributed by atoms with Gasteiger partial charge in [0.25, 0.3) is 5.91 Å². The predicted octanol–water partition coefficient (Wildman–Crippen LogP) is 4.20. The molecule has 1 N–H and O–H groups in total. The van der Waals surface area contributed by atoms with E-state index in [1.807, 2.05) is 59.2 Å². The Labute approximate surface area is 213 Å². The highest BCUT2D eigenvalue weighted by Gasteiger charge is 2.17. The van der Waals surface area contributed by atoms with Gasteiger partial charge < -0.3 is 14.2 Å². The lowest BCUT2D eigenvalue weighted by Crippen LogP contribution is -2.20.